The minimum absolute atomic E-state index is 0.153. The first-order valence-electron chi connectivity index (χ1n) is 7.08. The summed E-state index contributed by atoms with van der Waals surface area (Å²) in [7, 11) is -3.67. The molecule has 0 spiro atoms. The third-order valence-electron chi connectivity index (χ3n) is 3.25. The number of nitrogens with one attached hydrogen (secondary N) is 1. The topological polar surface area (TPSA) is 66.5 Å². The van der Waals surface area contributed by atoms with Crippen molar-refractivity contribution in [1.82, 2.24) is 9.62 Å². The number of sulfonamides is 1. The van der Waals surface area contributed by atoms with E-state index in [4.69, 9.17) is 0 Å². The summed E-state index contributed by atoms with van der Waals surface area (Å²) in [5.74, 6) is -0.287. The van der Waals surface area contributed by atoms with E-state index in [2.05, 4.69) is 5.32 Å². The lowest BCUT2D eigenvalue weighted by Crippen LogP contribution is -2.40. The minimum atomic E-state index is -3.67. The summed E-state index contributed by atoms with van der Waals surface area (Å²) in [5, 5.41) is 2.63. The highest BCUT2D eigenvalue weighted by Crippen LogP contribution is 2.25. The van der Waals surface area contributed by atoms with Crippen LogP contribution < -0.4 is 5.32 Å². The maximum Gasteiger partial charge on any atom is 0.244 e. The van der Waals surface area contributed by atoms with Crippen LogP contribution in [-0.4, -0.2) is 38.3 Å². The lowest BCUT2D eigenvalue weighted by molar-refractivity contribution is -0.121. The van der Waals surface area contributed by atoms with Crippen LogP contribution in [0.4, 0.5) is 0 Å². The Morgan fingerprint density at radius 3 is 2.10 bits per heavy atom. The van der Waals surface area contributed by atoms with Crippen molar-refractivity contribution < 1.29 is 13.2 Å². The van der Waals surface area contributed by atoms with E-state index >= 15 is 0 Å². The molecule has 0 aromatic heterocycles. The van der Waals surface area contributed by atoms with Crippen molar-refractivity contribution in [3.05, 3.63) is 28.8 Å². The number of likely N-dealkylation sites (N-methyl/N-ethyl adjacent to an activating group) is 2. The van der Waals surface area contributed by atoms with E-state index in [1.54, 1.807) is 27.7 Å². The average Bonchev–Trinajstić information content (AvgIpc) is 2.34. The number of carbonyl (C=O) groups excluding carboxylic acids is 1. The van der Waals surface area contributed by atoms with Crippen LogP contribution in [0.5, 0.6) is 0 Å². The van der Waals surface area contributed by atoms with Crippen molar-refractivity contribution in [2.24, 2.45) is 0 Å². The SMILES string of the molecule is CCNC(=O)CN(CC)S(=O)(=O)c1c(C)cc(C)cc1C. The first-order chi connectivity index (χ1) is 9.73. The van der Waals surface area contributed by atoms with E-state index in [1.807, 2.05) is 19.1 Å². The van der Waals surface area contributed by atoms with E-state index in [1.165, 1.54) is 4.31 Å². The van der Waals surface area contributed by atoms with E-state index < -0.39 is 10.0 Å². The largest absolute Gasteiger partial charge is 0.355 e. The van der Waals surface area contributed by atoms with Gasteiger partial charge in [0.05, 0.1) is 11.4 Å². The monoisotopic (exact) mass is 312 g/mol. The molecule has 6 heteroatoms. The number of amides is 1. The van der Waals surface area contributed by atoms with Gasteiger partial charge in [0.2, 0.25) is 15.9 Å². The lowest BCUT2D eigenvalue weighted by atomic mass is 10.1. The first kappa shape index (κ1) is 17.7. The van der Waals surface area contributed by atoms with Crippen molar-refractivity contribution in [2.45, 2.75) is 39.5 Å². The van der Waals surface area contributed by atoms with Gasteiger partial charge < -0.3 is 5.32 Å². The maximum atomic E-state index is 12.8. The lowest BCUT2D eigenvalue weighted by Gasteiger charge is -2.22. The summed E-state index contributed by atoms with van der Waals surface area (Å²) < 4.78 is 26.8. The number of hydrogen-bond acceptors (Lipinski definition) is 3. The zero-order valence-corrected chi connectivity index (χ0v) is 14.2. The van der Waals surface area contributed by atoms with Crippen molar-refractivity contribution in [1.29, 1.82) is 0 Å². The average molecular weight is 312 g/mol. The molecule has 1 aromatic rings. The van der Waals surface area contributed by atoms with Crippen molar-refractivity contribution >= 4 is 15.9 Å². The van der Waals surface area contributed by atoms with E-state index in [-0.39, 0.29) is 19.0 Å². The zero-order chi connectivity index (χ0) is 16.2. The van der Waals surface area contributed by atoms with Crippen molar-refractivity contribution in [3.8, 4) is 0 Å². The standard InChI is InChI=1S/C15H24N2O3S/c1-6-16-14(18)10-17(7-2)21(19,20)15-12(4)8-11(3)9-13(15)5/h8-9H,6-7,10H2,1-5H3,(H,16,18). The van der Waals surface area contributed by atoms with Crippen molar-refractivity contribution in [3.63, 3.8) is 0 Å². The Labute approximate surface area is 127 Å². The molecule has 1 rings (SSSR count). The van der Waals surface area contributed by atoms with E-state index in [0.29, 0.717) is 22.6 Å². The Bertz CT molecular complexity index is 601. The molecule has 1 N–H and O–H groups in total. The fraction of sp³-hybridized carbons (Fsp3) is 0.533. The molecule has 0 saturated carbocycles. The molecule has 0 aliphatic carbocycles. The molecule has 0 heterocycles. The second-order valence-electron chi connectivity index (χ2n) is 5.11. The quantitative estimate of drug-likeness (QED) is 0.870. The highest BCUT2D eigenvalue weighted by atomic mass is 32.2. The number of carbonyl (C=O) groups is 1. The van der Waals surface area contributed by atoms with Gasteiger partial charge in [0.1, 0.15) is 0 Å². The molecule has 0 bridgehead atoms. The molecule has 0 atom stereocenters. The molecule has 0 saturated heterocycles. The van der Waals surface area contributed by atoms with Gasteiger partial charge in [-0.1, -0.05) is 24.6 Å². The van der Waals surface area contributed by atoms with Gasteiger partial charge in [0, 0.05) is 13.1 Å². The van der Waals surface area contributed by atoms with Gasteiger partial charge >= 0.3 is 0 Å². The van der Waals surface area contributed by atoms with Crippen LogP contribution >= 0.6 is 0 Å². The van der Waals surface area contributed by atoms with Gasteiger partial charge in [-0.25, -0.2) is 8.42 Å². The minimum Gasteiger partial charge on any atom is -0.355 e. The van der Waals surface area contributed by atoms with Crippen LogP contribution in [0.25, 0.3) is 0 Å². The van der Waals surface area contributed by atoms with Crippen LogP contribution in [0.3, 0.4) is 0 Å². The molecule has 0 aliphatic rings. The molecule has 1 aromatic carbocycles. The van der Waals surface area contributed by atoms with Crippen LogP contribution in [0.2, 0.25) is 0 Å². The van der Waals surface area contributed by atoms with Crippen LogP contribution in [-0.2, 0) is 14.8 Å². The molecule has 1 amide bonds. The predicted molar refractivity (Wildman–Crippen MR) is 83.8 cm³/mol. The Morgan fingerprint density at radius 2 is 1.67 bits per heavy atom. The van der Waals surface area contributed by atoms with Gasteiger partial charge in [0.15, 0.2) is 0 Å². The maximum absolute atomic E-state index is 12.8. The van der Waals surface area contributed by atoms with Gasteiger partial charge in [-0.2, -0.15) is 4.31 Å². The number of aryl methyl sites for hydroxylation is 3. The van der Waals surface area contributed by atoms with Crippen LogP contribution in [0, 0.1) is 20.8 Å². The summed E-state index contributed by atoms with van der Waals surface area (Å²) in [4.78, 5) is 12.0. The Balaban J connectivity index is 3.23. The molecule has 0 unspecified atom stereocenters. The number of hydrogen-bond donors (Lipinski definition) is 1. The summed E-state index contributed by atoms with van der Waals surface area (Å²) in [6.07, 6.45) is 0. The molecule has 118 valence electrons. The number of benzene rings is 1. The normalized spacial score (nSPS) is 11.7. The summed E-state index contributed by atoms with van der Waals surface area (Å²) in [6, 6.07) is 3.69. The molecule has 0 aliphatic heterocycles. The molecule has 21 heavy (non-hydrogen) atoms. The zero-order valence-electron chi connectivity index (χ0n) is 13.4. The highest BCUT2D eigenvalue weighted by molar-refractivity contribution is 7.89. The highest BCUT2D eigenvalue weighted by Gasteiger charge is 2.28. The number of rotatable bonds is 6. The fourth-order valence-electron chi connectivity index (χ4n) is 2.48. The molecular weight excluding hydrogens is 288 g/mol. The predicted octanol–water partition coefficient (Wildman–Crippen LogP) is 1.76. The van der Waals surface area contributed by atoms with E-state index in [9.17, 15) is 13.2 Å². The van der Waals surface area contributed by atoms with Gasteiger partial charge in [-0.3, -0.25) is 4.79 Å². The molecule has 0 radical (unpaired) electrons. The van der Waals surface area contributed by atoms with E-state index in [0.717, 1.165) is 5.56 Å². The summed E-state index contributed by atoms with van der Waals surface area (Å²) >= 11 is 0. The summed E-state index contributed by atoms with van der Waals surface area (Å²) in [5.41, 5.74) is 2.44. The fourth-order valence-corrected chi connectivity index (χ4v) is 4.30. The second-order valence-corrected chi connectivity index (χ2v) is 6.99. The van der Waals surface area contributed by atoms with Gasteiger partial charge in [-0.05, 0) is 38.8 Å². The second kappa shape index (κ2) is 7.04. The third kappa shape index (κ3) is 4.04. The molecule has 0 fully saturated rings. The Kier molecular flexibility index (Phi) is 5.92. The first-order valence-corrected chi connectivity index (χ1v) is 8.52. The molecule has 5 nitrogen and oxygen atoms in total. The number of nitrogens with zero attached hydrogens (tertiary/aromatic N) is 1. The van der Waals surface area contributed by atoms with Crippen molar-refractivity contribution in [2.75, 3.05) is 19.6 Å². The van der Waals surface area contributed by atoms with Crippen LogP contribution in [0.1, 0.15) is 30.5 Å². The van der Waals surface area contributed by atoms with Crippen LogP contribution in [0.15, 0.2) is 17.0 Å². The van der Waals surface area contributed by atoms with Gasteiger partial charge in [-0.15, -0.1) is 0 Å². The smallest absolute Gasteiger partial charge is 0.244 e. The third-order valence-corrected chi connectivity index (χ3v) is 5.48. The Hall–Kier alpha value is -1.40. The molecular formula is C15H24N2O3S. The van der Waals surface area contributed by atoms with Gasteiger partial charge in [0.25, 0.3) is 0 Å². The Morgan fingerprint density at radius 1 is 1.14 bits per heavy atom. The summed E-state index contributed by atoms with van der Waals surface area (Å²) in [6.45, 7) is 9.62.